The van der Waals surface area contributed by atoms with Crippen molar-refractivity contribution in [1.82, 2.24) is 4.98 Å². The molecule has 0 aliphatic carbocycles. The first-order valence-electron chi connectivity index (χ1n) is 5.85. The van der Waals surface area contributed by atoms with Gasteiger partial charge in [0, 0.05) is 11.2 Å². The summed E-state index contributed by atoms with van der Waals surface area (Å²) in [5, 5.41) is 3.44. The zero-order valence-electron chi connectivity index (χ0n) is 10.7. The summed E-state index contributed by atoms with van der Waals surface area (Å²) in [5.41, 5.74) is 1.37. The van der Waals surface area contributed by atoms with Gasteiger partial charge in [0.05, 0.1) is 5.69 Å². The molecule has 0 aliphatic rings. The summed E-state index contributed by atoms with van der Waals surface area (Å²) in [6.07, 6.45) is 1.63. The van der Waals surface area contributed by atoms with Gasteiger partial charge in [-0.25, -0.2) is 4.98 Å². The Balaban J connectivity index is 1.94. The van der Waals surface area contributed by atoms with E-state index in [0.717, 1.165) is 5.56 Å². The van der Waals surface area contributed by atoms with Crippen LogP contribution in [-0.4, -0.2) is 17.5 Å². The number of hydrogen-bond acceptors (Lipinski definition) is 3. The first-order valence-corrected chi connectivity index (χ1v) is 6.60. The Morgan fingerprint density at radius 3 is 2.90 bits per heavy atom. The van der Waals surface area contributed by atoms with Gasteiger partial charge in [0.1, 0.15) is 5.75 Å². The van der Waals surface area contributed by atoms with E-state index in [9.17, 15) is 4.79 Å². The molecule has 0 radical (unpaired) electrons. The second-order valence-electron chi connectivity index (χ2n) is 4.15. The van der Waals surface area contributed by atoms with Crippen molar-refractivity contribution in [3.63, 3.8) is 0 Å². The maximum absolute atomic E-state index is 11.8. The summed E-state index contributed by atoms with van der Waals surface area (Å²) in [5.74, 6) is 0.209. The Kier molecular flexibility index (Phi) is 4.82. The molecule has 2 rings (SSSR count). The molecule has 104 valence electrons. The Morgan fingerprint density at radius 2 is 2.15 bits per heavy atom. The first kappa shape index (κ1) is 14.6. The number of nitrogens with one attached hydrogen (secondary N) is 1. The molecule has 1 aromatic heterocycles. The van der Waals surface area contributed by atoms with E-state index < -0.39 is 0 Å². The minimum Gasteiger partial charge on any atom is -0.484 e. The highest BCUT2D eigenvalue weighted by atomic mass is 35.5. The summed E-state index contributed by atoms with van der Waals surface area (Å²) in [6, 6.07) is 8.58. The molecule has 0 bridgehead atoms. The topological polar surface area (TPSA) is 51.2 Å². The third-order valence-corrected chi connectivity index (χ3v) is 2.95. The third kappa shape index (κ3) is 4.11. The molecule has 0 atom stereocenters. The number of anilines is 1. The zero-order chi connectivity index (χ0) is 14.5. The Morgan fingerprint density at radius 1 is 1.35 bits per heavy atom. The van der Waals surface area contributed by atoms with Crippen LogP contribution >= 0.6 is 23.2 Å². The second-order valence-corrected chi connectivity index (χ2v) is 4.94. The minimum atomic E-state index is -0.320. The summed E-state index contributed by atoms with van der Waals surface area (Å²) >= 11 is 11.7. The van der Waals surface area contributed by atoms with Gasteiger partial charge in [0.15, 0.2) is 11.8 Å². The van der Waals surface area contributed by atoms with E-state index in [1.54, 1.807) is 36.5 Å². The Labute approximate surface area is 126 Å². The smallest absolute Gasteiger partial charge is 0.262 e. The number of carbonyl (C=O) groups excluding carboxylic acids is 1. The van der Waals surface area contributed by atoms with Crippen LogP contribution in [0.3, 0.4) is 0 Å². The van der Waals surface area contributed by atoms with E-state index in [1.165, 1.54) is 0 Å². The average Bonchev–Trinajstić information content (AvgIpc) is 2.41. The van der Waals surface area contributed by atoms with E-state index in [-0.39, 0.29) is 17.7 Å². The molecular weight excluding hydrogens is 299 g/mol. The maximum atomic E-state index is 11.8. The summed E-state index contributed by atoms with van der Waals surface area (Å²) in [7, 11) is 0. The maximum Gasteiger partial charge on any atom is 0.262 e. The largest absolute Gasteiger partial charge is 0.484 e. The molecule has 0 spiro atoms. The van der Waals surface area contributed by atoms with Crippen LogP contribution in [0.4, 0.5) is 5.69 Å². The Bertz CT molecular complexity index is 632. The highest BCUT2D eigenvalue weighted by molar-refractivity contribution is 6.32. The number of hydrogen-bond donors (Lipinski definition) is 1. The third-order valence-electron chi connectivity index (χ3n) is 2.42. The number of aryl methyl sites for hydroxylation is 1. The van der Waals surface area contributed by atoms with E-state index in [0.29, 0.717) is 16.5 Å². The van der Waals surface area contributed by atoms with Crippen LogP contribution < -0.4 is 10.1 Å². The number of rotatable bonds is 4. The average molecular weight is 311 g/mol. The highest BCUT2D eigenvalue weighted by Gasteiger charge is 2.08. The number of aromatic nitrogens is 1. The summed E-state index contributed by atoms with van der Waals surface area (Å²) < 4.78 is 5.33. The van der Waals surface area contributed by atoms with Crippen LogP contribution in [0.5, 0.6) is 5.75 Å². The van der Waals surface area contributed by atoms with Gasteiger partial charge in [-0.2, -0.15) is 0 Å². The lowest BCUT2D eigenvalue weighted by atomic mass is 10.3. The molecule has 0 saturated heterocycles. The van der Waals surface area contributed by atoms with Crippen molar-refractivity contribution in [1.29, 1.82) is 0 Å². The number of halogens is 2. The van der Waals surface area contributed by atoms with Crippen LogP contribution in [0.15, 0.2) is 36.5 Å². The lowest BCUT2D eigenvalue weighted by molar-refractivity contribution is -0.118. The van der Waals surface area contributed by atoms with Gasteiger partial charge in [-0.05, 0) is 36.8 Å². The molecule has 4 nitrogen and oxygen atoms in total. The number of pyridine rings is 1. The van der Waals surface area contributed by atoms with Crippen LogP contribution in [0, 0.1) is 6.92 Å². The van der Waals surface area contributed by atoms with Crippen molar-refractivity contribution in [2.24, 2.45) is 0 Å². The summed E-state index contributed by atoms with van der Waals surface area (Å²) in [6.45, 7) is 1.73. The number of ether oxygens (including phenoxy) is 1. The minimum absolute atomic E-state index is 0.134. The SMILES string of the molecule is Cc1cnc(Cl)c(NC(=O)COc2cccc(Cl)c2)c1. The number of carbonyl (C=O) groups is 1. The normalized spacial score (nSPS) is 10.2. The van der Waals surface area contributed by atoms with E-state index in [1.807, 2.05) is 6.92 Å². The fourth-order valence-electron chi connectivity index (χ4n) is 1.53. The number of benzene rings is 1. The molecule has 0 aliphatic heterocycles. The molecule has 0 unspecified atom stereocenters. The summed E-state index contributed by atoms with van der Waals surface area (Å²) in [4.78, 5) is 15.7. The molecule has 1 heterocycles. The van der Waals surface area contributed by atoms with Crippen molar-refractivity contribution >= 4 is 34.8 Å². The molecule has 0 fully saturated rings. The van der Waals surface area contributed by atoms with Crippen LogP contribution in [0.2, 0.25) is 10.2 Å². The predicted molar refractivity (Wildman–Crippen MR) is 79.6 cm³/mol. The van der Waals surface area contributed by atoms with Gasteiger partial charge >= 0.3 is 0 Å². The molecule has 2 aromatic rings. The monoisotopic (exact) mass is 310 g/mol. The van der Waals surface area contributed by atoms with Gasteiger partial charge in [-0.15, -0.1) is 0 Å². The molecule has 0 saturated carbocycles. The first-order chi connectivity index (χ1) is 9.54. The second kappa shape index (κ2) is 6.59. The van der Waals surface area contributed by atoms with Gasteiger partial charge in [0.25, 0.3) is 5.91 Å². The highest BCUT2D eigenvalue weighted by Crippen LogP contribution is 2.20. The fraction of sp³-hybridized carbons (Fsp3) is 0.143. The van der Waals surface area contributed by atoms with E-state index in [2.05, 4.69) is 10.3 Å². The van der Waals surface area contributed by atoms with Gasteiger partial charge < -0.3 is 10.1 Å². The number of amides is 1. The zero-order valence-corrected chi connectivity index (χ0v) is 12.2. The fourth-order valence-corrected chi connectivity index (χ4v) is 1.86. The molecule has 6 heteroatoms. The van der Waals surface area contributed by atoms with Gasteiger partial charge in [-0.3, -0.25) is 4.79 Å². The van der Waals surface area contributed by atoms with Crippen molar-refractivity contribution in [3.05, 3.63) is 52.3 Å². The molecule has 1 aromatic carbocycles. The predicted octanol–water partition coefficient (Wildman–Crippen LogP) is 3.71. The standard InChI is InChI=1S/C14H12Cl2N2O2/c1-9-5-12(14(16)17-7-9)18-13(19)8-20-11-4-2-3-10(15)6-11/h2-7H,8H2,1H3,(H,18,19). The van der Waals surface area contributed by atoms with Crippen molar-refractivity contribution in [2.75, 3.05) is 11.9 Å². The van der Waals surface area contributed by atoms with Crippen LogP contribution in [0.1, 0.15) is 5.56 Å². The van der Waals surface area contributed by atoms with E-state index in [4.69, 9.17) is 27.9 Å². The Hall–Kier alpha value is -1.78. The molecule has 1 amide bonds. The lowest BCUT2D eigenvalue weighted by Crippen LogP contribution is -2.20. The van der Waals surface area contributed by atoms with Crippen molar-refractivity contribution < 1.29 is 9.53 Å². The van der Waals surface area contributed by atoms with Gasteiger partial charge in [0.2, 0.25) is 0 Å². The molecular formula is C14H12Cl2N2O2. The number of nitrogens with zero attached hydrogens (tertiary/aromatic N) is 1. The van der Waals surface area contributed by atoms with Crippen molar-refractivity contribution in [3.8, 4) is 5.75 Å². The van der Waals surface area contributed by atoms with Gasteiger partial charge in [-0.1, -0.05) is 29.3 Å². The van der Waals surface area contributed by atoms with Crippen LogP contribution in [-0.2, 0) is 4.79 Å². The lowest BCUT2D eigenvalue weighted by Gasteiger charge is -2.09. The molecule has 20 heavy (non-hydrogen) atoms. The quantitative estimate of drug-likeness (QED) is 0.876. The van der Waals surface area contributed by atoms with E-state index >= 15 is 0 Å². The molecule has 1 N–H and O–H groups in total. The van der Waals surface area contributed by atoms with Crippen molar-refractivity contribution in [2.45, 2.75) is 6.92 Å². The van der Waals surface area contributed by atoms with Crippen LogP contribution in [0.25, 0.3) is 0 Å².